The van der Waals surface area contributed by atoms with Crippen LogP contribution >= 0.6 is 11.6 Å². The first-order valence-electron chi connectivity index (χ1n) is 10.1. The Morgan fingerprint density at radius 2 is 1.58 bits per heavy atom. The van der Waals surface area contributed by atoms with Crippen molar-refractivity contribution in [2.45, 2.75) is 11.8 Å². The summed E-state index contributed by atoms with van der Waals surface area (Å²) in [6.45, 7) is 2.47. The molecule has 0 amide bonds. The van der Waals surface area contributed by atoms with Gasteiger partial charge in [-0.3, -0.25) is 4.72 Å². The molecule has 1 aromatic heterocycles. The Labute approximate surface area is 197 Å². The molecule has 33 heavy (non-hydrogen) atoms. The summed E-state index contributed by atoms with van der Waals surface area (Å²) in [5, 5.41) is 6.58. The van der Waals surface area contributed by atoms with Gasteiger partial charge in [0.15, 0.2) is 11.6 Å². The zero-order chi connectivity index (χ0) is 23.4. The molecule has 0 atom stereocenters. The van der Waals surface area contributed by atoms with Crippen LogP contribution in [0.5, 0.6) is 5.75 Å². The van der Waals surface area contributed by atoms with E-state index < -0.39 is 10.0 Å². The van der Waals surface area contributed by atoms with E-state index in [1.807, 2.05) is 19.1 Å². The van der Waals surface area contributed by atoms with Crippen LogP contribution in [0, 0.1) is 0 Å². The lowest BCUT2D eigenvalue weighted by Crippen LogP contribution is -2.17. The molecular weight excluding hydrogens is 462 g/mol. The van der Waals surface area contributed by atoms with E-state index in [0.29, 0.717) is 39.7 Å². The molecule has 1 heterocycles. The van der Waals surface area contributed by atoms with Crippen LogP contribution in [-0.4, -0.2) is 32.0 Å². The molecule has 3 aromatic carbocycles. The van der Waals surface area contributed by atoms with Crippen LogP contribution in [0.1, 0.15) is 6.92 Å². The molecule has 4 rings (SSSR count). The van der Waals surface area contributed by atoms with Crippen LogP contribution in [0.25, 0.3) is 11.0 Å². The molecule has 0 bridgehead atoms. The van der Waals surface area contributed by atoms with Gasteiger partial charge in [-0.25, -0.2) is 18.4 Å². The minimum absolute atomic E-state index is 0.0406. The largest absolute Gasteiger partial charge is 0.497 e. The molecule has 10 heteroatoms. The highest BCUT2D eigenvalue weighted by Crippen LogP contribution is 2.33. The number of para-hydroxylation sites is 3. The summed E-state index contributed by atoms with van der Waals surface area (Å²) in [4.78, 5) is 9.21. The van der Waals surface area contributed by atoms with Gasteiger partial charge in [0.05, 0.1) is 34.5 Å². The third kappa shape index (κ3) is 4.94. The minimum Gasteiger partial charge on any atom is -0.497 e. The summed E-state index contributed by atoms with van der Waals surface area (Å²) < 4.78 is 34.5. The highest BCUT2D eigenvalue weighted by molar-refractivity contribution is 7.92. The molecule has 0 aliphatic rings. The molecule has 3 N–H and O–H groups in total. The van der Waals surface area contributed by atoms with E-state index >= 15 is 0 Å². The van der Waals surface area contributed by atoms with E-state index in [0.717, 1.165) is 0 Å². The van der Waals surface area contributed by atoms with Crippen LogP contribution in [0.15, 0.2) is 71.6 Å². The molecule has 0 aliphatic carbocycles. The SMILES string of the molecule is CCNc1ccccc1S(=O)(=O)Nc1nc2ccccc2nc1Nc1cc(OC)ccc1Cl. The number of nitrogens with one attached hydrogen (secondary N) is 3. The van der Waals surface area contributed by atoms with Crippen LogP contribution in [-0.2, 0) is 10.0 Å². The highest BCUT2D eigenvalue weighted by atomic mass is 35.5. The maximum absolute atomic E-state index is 13.3. The second kappa shape index (κ2) is 9.51. The highest BCUT2D eigenvalue weighted by Gasteiger charge is 2.22. The fraction of sp³-hybridized carbons (Fsp3) is 0.130. The Hall–Kier alpha value is -3.56. The lowest BCUT2D eigenvalue weighted by Gasteiger charge is -2.16. The van der Waals surface area contributed by atoms with Crippen molar-refractivity contribution in [3.05, 3.63) is 71.8 Å². The third-order valence-electron chi connectivity index (χ3n) is 4.77. The Morgan fingerprint density at radius 1 is 0.909 bits per heavy atom. The second-order valence-electron chi connectivity index (χ2n) is 7.01. The summed E-state index contributed by atoms with van der Waals surface area (Å²) in [5.41, 5.74) is 2.12. The number of ether oxygens (including phenoxy) is 1. The number of anilines is 4. The number of sulfonamides is 1. The van der Waals surface area contributed by atoms with E-state index in [9.17, 15) is 8.42 Å². The van der Waals surface area contributed by atoms with E-state index in [1.165, 1.54) is 6.07 Å². The quantitative estimate of drug-likeness (QED) is 0.313. The van der Waals surface area contributed by atoms with Gasteiger partial charge in [0, 0.05) is 12.6 Å². The lowest BCUT2D eigenvalue weighted by atomic mass is 10.3. The average molecular weight is 484 g/mol. The fourth-order valence-corrected chi connectivity index (χ4v) is 4.59. The predicted octanol–water partition coefficient (Wildman–Crippen LogP) is 5.27. The zero-order valence-corrected chi connectivity index (χ0v) is 19.5. The van der Waals surface area contributed by atoms with Crippen molar-refractivity contribution >= 4 is 55.7 Å². The summed E-state index contributed by atoms with van der Waals surface area (Å²) in [6.07, 6.45) is 0. The molecule has 0 fully saturated rings. The van der Waals surface area contributed by atoms with Gasteiger partial charge in [-0.05, 0) is 43.3 Å². The maximum atomic E-state index is 13.3. The van der Waals surface area contributed by atoms with Gasteiger partial charge in [-0.1, -0.05) is 35.9 Å². The number of methoxy groups -OCH3 is 1. The summed E-state index contributed by atoms with van der Waals surface area (Å²) in [5.74, 6) is 0.824. The van der Waals surface area contributed by atoms with Crippen molar-refractivity contribution in [1.29, 1.82) is 0 Å². The number of benzene rings is 3. The maximum Gasteiger partial charge on any atom is 0.265 e. The molecule has 0 radical (unpaired) electrons. The first-order chi connectivity index (χ1) is 15.9. The van der Waals surface area contributed by atoms with Crippen LogP contribution < -0.4 is 20.1 Å². The normalized spacial score (nSPS) is 11.2. The van der Waals surface area contributed by atoms with Gasteiger partial charge in [-0.2, -0.15) is 0 Å². The molecule has 0 saturated carbocycles. The molecule has 0 aliphatic heterocycles. The lowest BCUT2D eigenvalue weighted by molar-refractivity contribution is 0.415. The number of halogens is 1. The van der Waals surface area contributed by atoms with Gasteiger partial charge in [0.25, 0.3) is 10.0 Å². The fourth-order valence-electron chi connectivity index (χ4n) is 3.23. The van der Waals surface area contributed by atoms with Crippen molar-refractivity contribution in [3.8, 4) is 5.75 Å². The number of fused-ring (bicyclic) bond motifs is 1. The average Bonchev–Trinajstić information content (AvgIpc) is 2.81. The smallest absolute Gasteiger partial charge is 0.265 e. The van der Waals surface area contributed by atoms with Crippen molar-refractivity contribution in [2.24, 2.45) is 0 Å². The Kier molecular flexibility index (Phi) is 6.52. The van der Waals surface area contributed by atoms with Crippen molar-refractivity contribution in [2.75, 3.05) is 29.0 Å². The molecule has 4 aromatic rings. The molecular formula is C23H22ClN5O3S. The minimum atomic E-state index is -3.99. The summed E-state index contributed by atoms with van der Waals surface area (Å²) in [7, 11) is -2.44. The van der Waals surface area contributed by atoms with Crippen LogP contribution in [0.3, 0.4) is 0 Å². The standard InChI is InChI=1S/C23H22ClN5O3S/c1-3-25-19-10-6-7-11-21(19)33(30,31)29-23-22(26-17-8-4-5-9-18(17)27-23)28-20-14-15(32-2)12-13-16(20)24/h4-14,25H,3H2,1-2H3,(H,26,28)(H,27,29). The summed E-state index contributed by atoms with van der Waals surface area (Å²) in [6, 6.07) is 18.9. The van der Waals surface area contributed by atoms with E-state index in [2.05, 4.69) is 25.3 Å². The molecule has 0 spiro atoms. The monoisotopic (exact) mass is 483 g/mol. The molecule has 8 nitrogen and oxygen atoms in total. The second-order valence-corrected chi connectivity index (χ2v) is 9.07. The zero-order valence-electron chi connectivity index (χ0n) is 18.0. The van der Waals surface area contributed by atoms with Gasteiger partial charge >= 0.3 is 0 Å². The van der Waals surface area contributed by atoms with Crippen molar-refractivity contribution < 1.29 is 13.2 Å². The third-order valence-corrected chi connectivity index (χ3v) is 6.50. The Morgan fingerprint density at radius 3 is 2.27 bits per heavy atom. The Bertz CT molecular complexity index is 1410. The Balaban J connectivity index is 1.80. The van der Waals surface area contributed by atoms with E-state index in [4.69, 9.17) is 16.3 Å². The van der Waals surface area contributed by atoms with Crippen molar-refractivity contribution in [1.82, 2.24) is 9.97 Å². The molecule has 170 valence electrons. The van der Waals surface area contributed by atoms with Gasteiger partial charge in [-0.15, -0.1) is 0 Å². The van der Waals surface area contributed by atoms with Crippen LogP contribution in [0.2, 0.25) is 5.02 Å². The van der Waals surface area contributed by atoms with Crippen molar-refractivity contribution in [3.63, 3.8) is 0 Å². The predicted molar refractivity (Wildman–Crippen MR) is 132 cm³/mol. The number of aromatic nitrogens is 2. The first-order valence-corrected chi connectivity index (χ1v) is 12.0. The number of hydrogen-bond donors (Lipinski definition) is 3. The topological polar surface area (TPSA) is 105 Å². The molecule has 0 saturated heterocycles. The van der Waals surface area contributed by atoms with Gasteiger partial charge < -0.3 is 15.4 Å². The number of hydrogen-bond acceptors (Lipinski definition) is 7. The summed E-state index contributed by atoms with van der Waals surface area (Å²) >= 11 is 6.35. The number of nitrogens with zero attached hydrogens (tertiary/aromatic N) is 2. The molecule has 0 unspecified atom stereocenters. The number of rotatable bonds is 8. The van der Waals surface area contributed by atoms with Gasteiger partial charge in [0.1, 0.15) is 10.6 Å². The van der Waals surface area contributed by atoms with E-state index in [-0.39, 0.29) is 16.5 Å². The van der Waals surface area contributed by atoms with Crippen LogP contribution in [0.4, 0.5) is 23.0 Å². The van der Waals surface area contributed by atoms with Gasteiger partial charge in [0.2, 0.25) is 0 Å². The first kappa shape index (κ1) is 22.6. The van der Waals surface area contributed by atoms with E-state index in [1.54, 1.807) is 55.6 Å².